The van der Waals surface area contributed by atoms with Gasteiger partial charge in [0.1, 0.15) is 0 Å². The van der Waals surface area contributed by atoms with Crippen LogP contribution in [-0.4, -0.2) is 35.7 Å². The fourth-order valence-electron chi connectivity index (χ4n) is 2.78. The summed E-state index contributed by atoms with van der Waals surface area (Å²) in [6.07, 6.45) is 0.750. The molecule has 5 nitrogen and oxygen atoms in total. The van der Waals surface area contributed by atoms with Gasteiger partial charge in [-0.25, -0.2) is 0 Å². The van der Waals surface area contributed by atoms with Crippen molar-refractivity contribution in [1.82, 2.24) is 10.2 Å². The maximum Gasteiger partial charge on any atom is 0.261 e. The summed E-state index contributed by atoms with van der Waals surface area (Å²) in [5.41, 5.74) is 1.83. The Labute approximate surface area is 150 Å². The molecule has 0 aromatic heterocycles. The van der Waals surface area contributed by atoms with Gasteiger partial charge in [-0.1, -0.05) is 35.9 Å². The highest BCUT2D eigenvalue weighted by Gasteiger charge is 2.34. The maximum absolute atomic E-state index is 12.2. The van der Waals surface area contributed by atoms with Crippen molar-refractivity contribution < 1.29 is 14.4 Å². The number of carbonyl (C=O) groups excluding carboxylic acids is 3. The lowest BCUT2D eigenvalue weighted by molar-refractivity contribution is -0.121. The van der Waals surface area contributed by atoms with Gasteiger partial charge in [0.25, 0.3) is 11.8 Å². The number of nitrogens with one attached hydrogen (secondary N) is 1. The van der Waals surface area contributed by atoms with Gasteiger partial charge in [-0.3, -0.25) is 19.3 Å². The van der Waals surface area contributed by atoms with Gasteiger partial charge >= 0.3 is 0 Å². The summed E-state index contributed by atoms with van der Waals surface area (Å²) >= 11 is 5.92. The van der Waals surface area contributed by atoms with Crippen LogP contribution in [0.25, 0.3) is 0 Å². The Morgan fingerprint density at radius 1 is 1.00 bits per heavy atom. The van der Waals surface area contributed by atoms with Gasteiger partial charge in [0.15, 0.2) is 0 Å². The smallest absolute Gasteiger partial charge is 0.261 e. The summed E-state index contributed by atoms with van der Waals surface area (Å²) in [6.45, 7) is 0.552. The van der Waals surface area contributed by atoms with Crippen LogP contribution in [0.15, 0.2) is 48.5 Å². The van der Waals surface area contributed by atoms with Crippen LogP contribution in [0.2, 0.25) is 5.02 Å². The fraction of sp³-hybridized carbons (Fsp3) is 0.211. The standard InChI is InChI=1S/C19H17ClN2O3/c20-14-5-3-4-13(12-14)8-10-21-17(23)9-11-22-18(24)15-6-1-2-7-16(15)19(22)25/h1-7,12H,8-11H2,(H,21,23). The van der Waals surface area contributed by atoms with Gasteiger partial charge < -0.3 is 5.32 Å². The SMILES string of the molecule is O=C(CCN1C(=O)c2ccccc2C1=O)NCCc1cccc(Cl)c1. The summed E-state index contributed by atoms with van der Waals surface area (Å²) < 4.78 is 0. The molecule has 0 aliphatic carbocycles. The predicted octanol–water partition coefficient (Wildman–Crippen LogP) is 2.69. The van der Waals surface area contributed by atoms with E-state index in [0.717, 1.165) is 10.5 Å². The summed E-state index contributed by atoms with van der Waals surface area (Å²) in [4.78, 5) is 37.5. The molecule has 0 radical (unpaired) electrons. The zero-order valence-corrected chi connectivity index (χ0v) is 14.3. The van der Waals surface area contributed by atoms with Gasteiger partial charge in [0, 0.05) is 24.5 Å². The summed E-state index contributed by atoms with van der Waals surface area (Å²) in [7, 11) is 0. The van der Waals surface area contributed by atoms with E-state index < -0.39 is 0 Å². The van der Waals surface area contributed by atoms with Crippen LogP contribution in [0.5, 0.6) is 0 Å². The molecule has 2 aromatic carbocycles. The molecule has 0 saturated heterocycles. The molecule has 128 valence electrons. The topological polar surface area (TPSA) is 66.5 Å². The lowest BCUT2D eigenvalue weighted by Crippen LogP contribution is -2.35. The molecule has 1 heterocycles. The summed E-state index contributed by atoms with van der Waals surface area (Å²) in [5, 5.41) is 3.46. The Bertz CT molecular complexity index is 800. The number of benzene rings is 2. The average Bonchev–Trinajstić information content (AvgIpc) is 2.85. The van der Waals surface area contributed by atoms with Crippen molar-refractivity contribution in [2.24, 2.45) is 0 Å². The second-order valence-corrected chi connectivity index (χ2v) is 6.22. The maximum atomic E-state index is 12.2. The molecule has 3 amide bonds. The second-order valence-electron chi connectivity index (χ2n) is 5.79. The van der Waals surface area contributed by atoms with E-state index in [1.54, 1.807) is 30.3 Å². The van der Waals surface area contributed by atoms with Gasteiger partial charge in [-0.05, 0) is 36.2 Å². The molecule has 0 unspecified atom stereocenters. The molecule has 0 fully saturated rings. The van der Waals surface area contributed by atoms with Crippen molar-refractivity contribution in [1.29, 1.82) is 0 Å². The summed E-state index contributed by atoms with van der Waals surface area (Å²) in [6, 6.07) is 14.1. The zero-order valence-electron chi connectivity index (χ0n) is 13.5. The first-order valence-corrected chi connectivity index (χ1v) is 8.40. The number of halogens is 1. The van der Waals surface area contributed by atoms with Gasteiger partial charge in [0.2, 0.25) is 5.91 Å². The minimum Gasteiger partial charge on any atom is -0.356 e. The van der Waals surface area contributed by atoms with E-state index in [1.807, 2.05) is 18.2 Å². The minimum absolute atomic E-state index is 0.0787. The van der Waals surface area contributed by atoms with E-state index in [4.69, 9.17) is 11.6 Å². The Kier molecular flexibility index (Phi) is 5.14. The van der Waals surface area contributed by atoms with E-state index in [2.05, 4.69) is 5.32 Å². The number of amides is 3. The number of imide groups is 1. The molecule has 3 rings (SSSR count). The van der Waals surface area contributed by atoms with Crippen LogP contribution in [0, 0.1) is 0 Å². The highest BCUT2D eigenvalue weighted by Crippen LogP contribution is 2.22. The normalized spacial score (nSPS) is 13.1. The number of nitrogens with zero attached hydrogens (tertiary/aromatic N) is 1. The van der Waals surface area contributed by atoms with E-state index in [0.29, 0.717) is 29.1 Å². The molecule has 25 heavy (non-hydrogen) atoms. The van der Waals surface area contributed by atoms with Crippen molar-refractivity contribution in [3.8, 4) is 0 Å². The monoisotopic (exact) mass is 356 g/mol. The molecule has 1 aliphatic heterocycles. The van der Waals surface area contributed by atoms with E-state index in [-0.39, 0.29) is 30.7 Å². The van der Waals surface area contributed by atoms with E-state index >= 15 is 0 Å². The number of carbonyl (C=O) groups is 3. The fourth-order valence-corrected chi connectivity index (χ4v) is 3.00. The van der Waals surface area contributed by atoms with Crippen LogP contribution in [0.1, 0.15) is 32.7 Å². The van der Waals surface area contributed by atoms with E-state index in [9.17, 15) is 14.4 Å². The highest BCUT2D eigenvalue weighted by atomic mass is 35.5. The molecule has 0 bridgehead atoms. The lowest BCUT2D eigenvalue weighted by atomic mass is 10.1. The Morgan fingerprint density at radius 2 is 1.68 bits per heavy atom. The molecule has 1 N–H and O–H groups in total. The number of hydrogen-bond donors (Lipinski definition) is 1. The first kappa shape index (κ1) is 17.2. The van der Waals surface area contributed by atoms with Crippen LogP contribution < -0.4 is 5.32 Å². The van der Waals surface area contributed by atoms with Crippen molar-refractivity contribution in [2.45, 2.75) is 12.8 Å². The Balaban J connectivity index is 1.47. The minimum atomic E-state index is -0.340. The van der Waals surface area contributed by atoms with Crippen molar-refractivity contribution >= 4 is 29.3 Å². The van der Waals surface area contributed by atoms with Crippen molar-refractivity contribution in [3.05, 3.63) is 70.2 Å². The number of rotatable bonds is 6. The van der Waals surface area contributed by atoms with Crippen molar-refractivity contribution in [3.63, 3.8) is 0 Å². The molecular formula is C19H17ClN2O3. The van der Waals surface area contributed by atoms with Crippen LogP contribution in [0.3, 0.4) is 0 Å². The quantitative estimate of drug-likeness (QED) is 0.809. The zero-order chi connectivity index (χ0) is 17.8. The van der Waals surface area contributed by atoms with Gasteiger partial charge in [0.05, 0.1) is 11.1 Å². The molecule has 0 atom stereocenters. The predicted molar refractivity (Wildman–Crippen MR) is 94.6 cm³/mol. The molecule has 1 aliphatic rings. The van der Waals surface area contributed by atoms with E-state index in [1.165, 1.54) is 0 Å². The van der Waals surface area contributed by atoms with Crippen LogP contribution in [0.4, 0.5) is 0 Å². The van der Waals surface area contributed by atoms with Gasteiger partial charge in [-0.2, -0.15) is 0 Å². The van der Waals surface area contributed by atoms with Crippen LogP contribution >= 0.6 is 11.6 Å². The Morgan fingerprint density at radius 3 is 2.32 bits per heavy atom. The first-order chi connectivity index (χ1) is 12.1. The van der Waals surface area contributed by atoms with Crippen molar-refractivity contribution in [2.75, 3.05) is 13.1 Å². The highest BCUT2D eigenvalue weighted by molar-refractivity contribution is 6.30. The molecule has 0 spiro atoms. The number of hydrogen-bond acceptors (Lipinski definition) is 3. The number of fused-ring (bicyclic) bond motifs is 1. The molecule has 6 heteroatoms. The molecular weight excluding hydrogens is 340 g/mol. The summed E-state index contributed by atoms with van der Waals surface area (Å²) in [5.74, 6) is -0.877. The molecule has 0 saturated carbocycles. The van der Waals surface area contributed by atoms with Gasteiger partial charge in [-0.15, -0.1) is 0 Å². The van der Waals surface area contributed by atoms with Crippen LogP contribution in [-0.2, 0) is 11.2 Å². The third-order valence-corrected chi connectivity index (χ3v) is 4.30. The average molecular weight is 357 g/mol. The second kappa shape index (κ2) is 7.49. The third-order valence-electron chi connectivity index (χ3n) is 4.07. The largest absolute Gasteiger partial charge is 0.356 e. The Hall–Kier alpha value is -2.66. The lowest BCUT2D eigenvalue weighted by Gasteiger charge is -2.13. The first-order valence-electron chi connectivity index (χ1n) is 8.02. The molecule has 2 aromatic rings. The third kappa shape index (κ3) is 3.88.